The molecular formula is C9H11F4N3. The summed E-state index contributed by atoms with van der Waals surface area (Å²) in [6.07, 6.45) is -3.72. The van der Waals surface area contributed by atoms with Gasteiger partial charge in [-0.1, -0.05) is 0 Å². The first-order valence-electron chi connectivity index (χ1n) is 4.46. The molecule has 0 radical (unpaired) electrons. The van der Waals surface area contributed by atoms with Crippen LogP contribution < -0.4 is 11.1 Å². The molecule has 1 aromatic rings. The van der Waals surface area contributed by atoms with Crippen LogP contribution in [-0.2, 0) is 0 Å². The van der Waals surface area contributed by atoms with Gasteiger partial charge in [-0.3, -0.25) is 0 Å². The molecule has 3 nitrogen and oxygen atoms in total. The van der Waals surface area contributed by atoms with Crippen molar-refractivity contribution >= 4 is 11.5 Å². The Hall–Kier alpha value is -1.53. The number of alkyl halides is 4. The molecule has 0 aromatic carbocycles. The van der Waals surface area contributed by atoms with Gasteiger partial charge in [-0.15, -0.1) is 0 Å². The average Bonchev–Trinajstić information content (AvgIpc) is 2.19. The van der Waals surface area contributed by atoms with Crippen molar-refractivity contribution in [1.82, 2.24) is 4.98 Å². The van der Waals surface area contributed by atoms with E-state index in [1.807, 2.05) is 0 Å². The zero-order chi connectivity index (χ0) is 12.3. The number of aryl methyl sites for hydroxylation is 1. The van der Waals surface area contributed by atoms with Crippen LogP contribution in [0.15, 0.2) is 12.1 Å². The number of nitrogens with zero attached hydrogens (tertiary/aromatic N) is 1. The highest BCUT2D eigenvalue weighted by Gasteiger charge is 2.40. The lowest BCUT2D eigenvalue weighted by Crippen LogP contribution is -2.35. The Morgan fingerprint density at radius 3 is 2.62 bits per heavy atom. The van der Waals surface area contributed by atoms with Crippen molar-refractivity contribution in [2.45, 2.75) is 19.3 Å². The number of hydrogen-bond donors (Lipinski definition) is 2. The lowest BCUT2D eigenvalue weighted by atomic mass is 10.3. The maximum atomic E-state index is 12.6. The summed E-state index contributed by atoms with van der Waals surface area (Å²) in [4.78, 5) is 3.82. The minimum absolute atomic E-state index is 0.0136. The molecule has 0 unspecified atom stereocenters. The van der Waals surface area contributed by atoms with Gasteiger partial charge in [0, 0.05) is 5.69 Å². The Kier molecular flexibility index (Phi) is 3.56. The van der Waals surface area contributed by atoms with Crippen LogP contribution in [0.5, 0.6) is 0 Å². The molecule has 1 heterocycles. The SMILES string of the molecule is Cc1ccc(N)c(NCC(F)(F)C(F)F)n1. The molecule has 0 amide bonds. The average molecular weight is 237 g/mol. The predicted octanol–water partition coefficient (Wildman–Crippen LogP) is 2.28. The topological polar surface area (TPSA) is 50.9 Å². The second-order valence-electron chi connectivity index (χ2n) is 3.31. The monoisotopic (exact) mass is 237 g/mol. The third-order valence-corrected chi connectivity index (χ3v) is 1.88. The first-order chi connectivity index (χ1) is 7.33. The Labute approximate surface area is 89.7 Å². The molecule has 7 heteroatoms. The second-order valence-corrected chi connectivity index (χ2v) is 3.31. The molecular weight excluding hydrogens is 226 g/mol. The number of nitrogen functional groups attached to an aromatic ring is 1. The van der Waals surface area contributed by atoms with Gasteiger partial charge in [-0.2, -0.15) is 8.78 Å². The van der Waals surface area contributed by atoms with Gasteiger partial charge in [-0.25, -0.2) is 13.8 Å². The largest absolute Gasteiger partial charge is 0.396 e. The molecule has 0 aliphatic heterocycles. The van der Waals surface area contributed by atoms with Gasteiger partial charge in [0.15, 0.2) is 0 Å². The van der Waals surface area contributed by atoms with Crippen LogP contribution in [0.1, 0.15) is 5.69 Å². The summed E-state index contributed by atoms with van der Waals surface area (Å²) in [5.74, 6) is -4.11. The lowest BCUT2D eigenvalue weighted by molar-refractivity contribution is -0.117. The number of nitrogens with one attached hydrogen (secondary N) is 1. The molecule has 0 aliphatic rings. The summed E-state index contributed by atoms with van der Waals surface area (Å²) >= 11 is 0. The van der Waals surface area contributed by atoms with Gasteiger partial charge in [-0.05, 0) is 19.1 Å². The molecule has 0 aliphatic carbocycles. The highest BCUT2D eigenvalue weighted by atomic mass is 19.3. The molecule has 0 saturated carbocycles. The highest BCUT2D eigenvalue weighted by molar-refractivity contribution is 5.61. The van der Waals surface area contributed by atoms with E-state index < -0.39 is 18.9 Å². The van der Waals surface area contributed by atoms with Gasteiger partial charge in [0.1, 0.15) is 5.82 Å². The molecule has 90 valence electrons. The molecule has 1 aromatic heterocycles. The van der Waals surface area contributed by atoms with Crippen LogP contribution in [0.25, 0.3) is 0 Å². The number of hydrogen-bond acceptors (Lipinski definition) is 3. The zero-order valence-electron chi connectivity index (χ0n) is 8.48. The molecule has 3 N–H and O–H groups in total. The quantitative estimate of drug-likeness (QED) is 0.790. The molecule has 0 spiro atoms. The van der Waals surface area contributed by atoms with Crippen LogP contribution >= 0.6 is 0 Å². The van der Waals surface area contributed by atoms with E-state index in [-0.39, 0.29) is 11.5 Å². The minimum Gasteiger partial charge on any atom is -0.396 e. The Balaban J connectivity index is 2.71. The summed E-state index contributed by atoms with van der Waals surface area (Å²) in [6.45, 7) is 0.432. The van der Waals surface area contributed by atoms with E-state index in [2.05, 4.69) is 10.3 Å². The van der Waals surface area contributed by atoms with Crippen LogP contribution in [0, 0.1) is 6.92 Å². The first kappa shape index (κ1) is 12.5. The molecule has 1 rings (SSSR count). The second kappa shape index (κ2) is 4.54. The standard InChI is InChI=1S/C9H11F4N3/c1-5-2-3-6(14)7(16-5)15-4-9(12,13)8(10)11/h2-3,8H,4,14H2,1H3,(H,15,16). The lowest BCUT2D eigenvalue weighted by Gasteiger charge is -2.17. The van der Waals surface area contributed by atoms with E-state index >= 15 is 0 Å². The third-order valence-electron chi connectivity index (χ3n) is 1.88. The number of rotatable bonds is 4. The van der Waals surface area contributed by atoms with Gasteiger partial charge in [0.25, 0.3) is 0 Å². The fourth-order valence-corrected chi connectivity index (χ4v) is 0.988. The molecule has 0 atom stereocenters. The summed E-state index contributed by atoms with van der Waals surface area (Å²) in [7, 11) is 0. The van der Waals surface area contributed by atoms with Crippen molar-refractivity contribution in [2.75, 3.05) is 17.6 Å². The van der Waals surface area contributed by atoms with E-state index in [9.17, 15) is 17.6 Å². The van der Waals surface area contributed by atoms with Crippen molar-refractivity contribution in [3.63, 3.8) is 0 Å². The van der Waals surface area contributed by atoms with E-state index in [1.54, 1.807) is 13.0 Å². The Bertz CT molecular complexity index is 368. The minimum atomic E-state index is -4.10. The smallest absolute Gasteiger partial charge is 0.324 e. The van der Waals surface area contributed by atoms with Gasteiger partial charge in [0.2, 0.25) is 0 Å². The Morgan fingerprint density at radius 2 is 2.06 bits per heavy atom. The fourth-order valence-electron chi connectivity index (χ4n) is 0.988. The molecule has 0 fully saturated rings. The van der Waals surface area contributed by atoms with Crippen LogP contribution in [0.4, 0.5) is 29.1 Å². The Morgan fingerprint density at radius 1 is 1.44 bits per heavy atom. The van der Waals surface area contributed by atoms with Crippen molar-refractivity contribution in [3.8, 4) is 0 Å². The van der Waals surface area contributed by atoms with Crippen molar-refractivity contribution in [2.24, 2.45) is 0 Å². The highest BCUT2D eigenvalue weighted by Crippen LogP contribution is 2.24. The van der Waals surface area contributed by atoms with Crippen LogP contribution in [0.2, 0.25) is 0 Å². The van der Waals surface area contributed by atoms with Gasteiger partial charge >= 0.3 is 12.3 Å². The summed E-state index contributed by atoms with van der Waals surface area (Å²) < 4.78 is 48.9. The van der Waals surface area contributed by atoms with Crippen molar-refractivity contribution < 1.29 is 17.6 Å². The fraction of sp³-hybridized carbons (Fsp3) is 0.444. The maximum Gasteiger partial charge on any atom is 0.324 e. The number of anilines is 2. The summed E-state index contributed by atoms with van der Waals surface area (Å²) in [5, 5.41) is 2.11. The molecule has 0 saturated heterocycles. The predicted molar refractivity (Wildman–Crippen MR) is 52.8 cm³/mol. The van der Waals surface area contributed by atoms with E-state index in [0.29, 0.717) is 5.69 Å². The number of nitrogens with two attached hydrogens (primary N) is 1. The van der Waals surface area contributed by atoms with E-state index in [1.165, 1.54) is 6.07 Å². The maximum absolute atomic E-state index is 12.6. The number of aromatic nitrogens is 1. The zero-order valence-corrected chi connectivity index (χ0v) is 8.48. The number of halogens is 4. The van der Waals surface area contributed by atoms with Crippen molar-refractivity contribution in [1.29, 1.82) is 0 Å². The third kappa shape index (κ3) is 2.98. The van der Waals surface area contributed by atoms with Gasteiger partial charge < -0.3 is 11.1 Å². The van der Waals surface area contributed by atoms with Crippen LogP contribution in [-0.4, -0.2) is 23.9 Å². The molecule has 16 heavy (non-hydrogen) atoms. The summed E-state index contributed by atoms with van der Waals surface area (Å²) in [6, 6.07) is 3.05. The van der Waals surface area contributed by atoms with E-state index in [4.69, 9.17) is 5.73 Å². The number of pyridine rings is 1. The van der Waals surface area contributed by atoms with Gasteiger partial charge in [0.05, 0.1) is 12.2 Å². The normalized spacial score (nSPS) is 11.9. The van der Waals surface area contributed by atoms with E-state index in [0.717, 1.165) is 0 Å². The van der Waals surface area contributed by atoms with Crippen molar-refractivity contribution in [3.05, 3.63) is 17.8 Å². The molecule has 0 bridgehead atoms. The summed E-state index contributed by atoms with van der Waals surface area (Å²) in [5.41, 5.74) is 6.13. The first-order valence-corrected chi connectivity index (χ1v) is 4.46. The van der Waals surface area contributed by atoms with Crippen LogP contribution in [0.3, 0.4) is 0 Å².